The van der Waals surface area contributed by atoms with Crippen LogP contribution in [0.15, 0.2) is 79.0 Å². The van der Waals surface area contributed by atoms with Crippen molar-refractivity contribution in [3.05, 3.63) is 112 Å². The number of para-hydroxylation sites is 1. The molecular weight excluding hydrogens is 458 g/mol. The van der Waals surface area contributed by atoms with Gasteiger partial charge in [-0.25, -0.2) is 0 Å². The zero-order valence-corrected chi connectivity index (χ0v) is 19.9. The van der Waals surface area contributed by atoms with Gasteiger partial charge in [-0.3, -0.25) is 9.78 Å². The van der Waals surface area contributed by atoms with E-state index in [1.54, 1.807) is 23.1 Å². The van der Waals surface area contributed by atoms with E-state index in [-0.39, 0.29) is 12.5 Å². The van der Waals surface area contributed by atoms with Crippen LogP contribution in [0.5, 0.6) is 5.75 Å². The molecule has 0 saturated carbocycles. The van der Waals surface area contributed by atoms with Crippen LogP contribution in [0.25, 0.3) is 11.3 Å². The molecule has 2 heterocycles. The first kappa shape index (κ1) is 22.6. The number of hydrogen-bond acceptors (Lipinski definition) is 4. The number of halogens is 1. The van der Waals surface area contributed by atoms with Gasteiger partial charge in [0.05, 0.1) is 34.1 Å². The molecule has 0 atom stereocenters. The van der Waals surface area contributed by atoms with E-state index in [2.05, 4.69) is 11.1 Å². The molecule has 3 aromatic carbocycles. The summed E-state index contributed by atoms with van der Waals surface area (Å²) in [6.45, 7) is 2.54. The monoisotopic (exact) mass is 479 g/mol. The number of ether oxygens (including phenoxy) is 1. The molecule has 1 amide bonds. The molecule has 1 aromatic heterocycles. The van der Waals surface area contributed by atoms with Crippen molar-refractivity contribution in [2.75, 3.05) is 18.1 Å². The summed E-state index contributed by atoms with van der Waals surface area (Å²) >= 11 is 6.71. The smallest absolute Gasteiger partial charge is 0.262 e. The lowest BCUT2D eigenvalue weighted by Gasteiger charge is -2.21. The summed E-state index contributed by atoms with van der Waals surface area (Å²) in [5.74, 6) is 0.160. The second-order valence-corrected chi connectivity index (χ2v) is 8.76. The molecule has 6 heteroatoms. The van der Waals surface area contributed by atoms with E-state index in [0.717, 1.165) is 27.9 Å². The molecule has 0 aliphatic carbocycles. The maximum atomic E-state index is 13.6. The van der Waals surface area contributed by atoms with Gasteiger partial charge in [-0.05, 0) is 54.3 Å². The van der Waals surface area contributed by atoms with Gasteiger partial charge in [-0.1, -0.05) is 60.1 Å². The summed E-state index contributed by atoms with van der Waals surface area (Å²) in [4.78, 5) is 19.9. The van der Waals surface area contributed by atoms with E-state index < -0.39 is 0 Å². The highest BCUT2D eigenvalue weighted by Crippen LogP contribution is 2.38. The number of rotatable bonds is 4. The zero-order chi connectivity index (χ0) is 24.4. The fraction of sp³-hybridized carbons (Fsp3) is 0.138. The number of hydrogen-bond donors (Lipinski definition) is 0. The molecule has 172 valence electrons. The Balaban J connectivity index is 1.49. The first-order valence-electron chi connectivity index (χ1n) is 11.3. The standard InChI is InChI=1S/C29H22ClN3O2/c1-19-23(15-20-11-12-25(32-18-20)21-7-3-2-4-8-21)16-24-28(27(19)30)35-14-13-33(29(24)34)26-10-6-5-9-22(26)17-31/h2-12,16,18H,13-15H2,1H3. The summed E-state index contributed by atoms with van der Waals surface area (Å²) in [7, 11) is 0. The third-order valence-corrected chi connectivity index (χ3v) is 6.67. The number of anilines is 1. The Morgan fingerprint density at radius 1 is 1.09 bits per heavy atom. The number of nitriles is 1. The SMILES string of the molecule is Cc1c(Cc2ccc(-c3ccccc3)nc2)cc2c(c1Cl)OCCN(c1ccccc1C#N)C2=O. The molecule has 0 bridgehead atoms. The third-order valence-electron chi connectivity index (χ3n) is 6.21. The first-order valence-corrected chi connectivity index (χ1v) is 11.7. The third kappa shape index (κ3) is 4.37. The number of pyridine rings is 1. The lowest BCUT2D eigenvalue weighted by atomic mass is 9.97. The fourth-order valence-electron chi connectivity index (χ4n) is 4.31. The van der Waals surface area contributed by atoms with Crippen molar-refractivity contribution in [1.82, 2.24) is 4.98 Å². The van der Waals surface area contributed by atoms with Crippen molar-refractivity contribution in [1.29, 1.82) is 5.26 Å². The highest BCUT2D eigenvalue weighted by Gasteiger charge is 2.29. The number of nitrogens with zero attached hydrogens (tertiary/aromatic N) is 3. The number of carbonyl (C=O) groups is 1. The molecule has 0 spiro atoms. The Morgan fingerprint density at radius 2 is 1.86 bits per heavy atom. The van der Waals surface area contributed by atoms with Crippen molar-refractivity contribution >= 4 is 23.2 Å². The van der Waals surface area contributed by atoms with Crippen LogP contribution in [0.4, 0.5) is 5.69 Å². The van der Waals surface area contributed by atoms with E-state index in [1.807, 2.05) is 67.7 Å². The molecule has 1 aliphatic heterocycles. The predicted octanol–water partition coefficient (Wildman–Crippen LogP) is 6.21. The van der Waals surface area contributed by atoms with Gasteiger partial charge in [0.25, 0.3) is 5.91 Å². The highest BCUT2D eigenvalue weighted by atomic mass is 35.5. The zero-order valence-electron chi connectivity index (χ0n) is 19.2. The number of aromatic nitrogens is 1. The van der Waals surface area contributed by atoms with Gasteiger partial charge in [0.2, 0.25) is 0 Å². The molecule has 4 aromatic rings. The van der Waals surface area contributed by atoms with Crippen molar-refractivity contribution in [2.24, 2.45) is 0 Å². The second kappa shape index (κ2) is 9.61. The number of carbonyl (C=O) groups excluding carboxylic acids is 1. The van der Waals surface area contributed by atoms with Crippen molar-refractivity contribution in [2.45, 2.75) is 13.3 Å². The van der Waals surface area contributed by atoms with E-state index in [9.17, 15) is 10.1 Å². The van der Waals surface area contributed by atoms with Crippen LogP contribution in [-0.4, -0.2) is 24.0 Å². The molecule has 0 unspecified atom stereocenters. The van der Waals surface area contributed by atoms with Gasteiger partial charge >= 0.3 is 0 Å². The number of fused-ring (bicyclic) bond motifs is 1. The van der Waals surface area contributed by atoms with E-state index in [4.69, 9.17) is 16.3 Å². The Morgan fingerprint density at radius 3 is 2.60 bits per heavy atom. The Bertz CT molecular complexity index is 1440. The summed E-state index contributed by atoms with van der Waals surface area (Å²) in [6, 6.07) is 25.2. The fourth-order valence-corrected chi connectivity index (χ4v) is 4.59. The molecule has 1 aliphatic rings. The molecule has 0 radical (unpaired) electrons. The summed E-state index contributed by atoms with van der Waals surface area (Å²) in [5.41, 5.74) is 6.17. The quantitative estimate of drug-likeness (QED) is 0.349. The topological polar surface area (TPSA) is 66.2 Å². The Labute approximate surface area is 209 Å². The molecule has 35 heavy (non-hydrogen) atoms. The van der Waals surface area contributed by atoms with Crippen LogP contribution >= 0.6 is 11.6 Å². The Kier molecular flexibility index (Phi) is 6.22. The molecule has 5 rings (SSSR count). The van der Waals surface area contributed by atoms with Gasteiger partial charge in [0.1, 0.15) is 12.7 Å². The van der Waals surface area contributed by atoms with Crippen LogP contribution in [0.3, 0.4) is 0 Å². The van der Waals surface area contributed by atoms with Gasteiger partial charge in [0, 0.05) is 11.8 Å². The van der Waals surface area contributed by atoms with Crippen molar-refractivity contribution in [3.8, 4) is 23.1 Å². The second-order valence-electron chi connectivity index (χ2n) is 8.38. The van der Waals surface area contributed by atoms with E-state index >= 15 is 0 Å². The maximum absolute atomic E-state index is 13.6. The van der Waals surface area contributed by atoms with Gasteiger partial charge < -0.3 is 9.64 Å². The average Bonchev–Trinajstić information content (AvgIpc) is 3.06. The molecule has 0 N–H and O–H groups in total. The first-order chi connectivity index (χ1) is 17.1. The van der Waals surface area contributed by atoms with Crippen molar-refractivity contribution in [3.63, 3.8) is 0 Å². The molecular formula is C29H22ClN3O2. The maximum Gasteiger partial charge on any atom is 0.262 e. The van der Waals surface area contributed by atoms with Crippen LogP contribution in [0.2, 0.25) is 5.02 Å². The summed E-state index contributed by atoms with van der Waals surface area (Å²) < 4.78 is 5.94. The van der Waals surface area contributed by atoms with E-state index in [1.165, 1.54) is 0 Å². The highest BCUT2D eigenvalue weighted by molar-refractivity contribution is 6.34. The number of amides is 1. The minimum Gasteiger partial charge on any atom is -0.489 e. The van der Waals surface area contributed by atoms with Crippen LogP contribution in [-0.2, 0) is 6.42 Å². The van der Waals surface area contributed by atoms with Crippen LogP contribution < -0.4 is 9.64 Å². The predicted molar refractivity (Wildman–Crippen MR) is 137 cm³/mol. The lowest BCUT2D eigenvalue weighted by Crippen LogP contribution is -2.33. The average molecular weight is 480 g/mol. The lowest BCUT2D eigenvalue weighted by molar-refractivity contribution is 0.0989. The summed E-state index contributed by atoms with van der Waals surface area (Å²) in [5, 5.41) is 9.98. The molecule has 0 saturated heterocycles. The minimum absolute atomic E-state index is 0.235. The largest absolute Gasteiger partial charge is 0.489 e. The number of benzene rings is 3. The van der Waals surface area contributed by atoms with Crippen molar-refractivity contribution < 1.29 is 9.53 Å². The van der Waals surface area contributed by atoms with Gasteiger partial charge in [-0.15, -0.1) is 0 Å². The van der Waals surface area contributed by atoms with E-state index in [0.29, 0.717) is 40.6 Å². The molecule has 5 nitrogen and oxygen atoms in total. The molecule has 0 fully saturated rings. The minimum atomic E-state index is -0.235. The van der Waals surface area contributed by atoms with Crippen LogP contribution in [0.1, 0.15) is 32.6 Å². The van der Waals surface area contributed by atoms with Gasteiger partial charge in [-0.2, -0.15) is 5.26 Å². The van der Waals surface area contributed by atoms with Gasteiger partial charge in [0.15, 0.2) is 5.75 Å². The summed E-state index contributed by atoms with van der Waals surface area (Å²) in [6.07, 6.45) is 2.43. The normalized spacial score (nSPS) is 12.9. The van der Waals surface area contributed by atoms with Crippen LogP contribution in [0, 0.1) is 18.3 Å². The Hall–Kier alpha value is -4.14.